The zero-order chi connectivity index (χ0) is 14.5. The number of amides is 1. The maximum Gasteiger partial charge on any atom is 0.407 e. The van der Waals surface area contributed by atoms with E-state index in [1.165, 1.54) is 13.4 Å². The molecule has 1 aliphatic heterocycles. The first-order chi connectivity index (χ1) is 9.65. The summed E-state index contributed by atoms with van der Waals surface area (Å²) in [5.74, 6) is 1.03. The number of hydrogen-bond donors (Lipinski definition) is 2. The monoisotopic (exact) mass is 281 g/mol. The normalized spacial score (nSPS) is 17.9. The minimum Gasteiger partial charge on any atom is -0.476 e. The van der Waals surface area contributed by atoms with Gasteiger partial charge in [0.15, 0.2) is 5.82 Å². The van der Waals surface area contributed by atoms with Gasteiger partial charge >= 0.3 is 6.09 Å². The van der Waals surface area contributed by atoms with Crippen molar-refractivity contribution in [2.24, 2.45) is 0 Å². The molecule has 1 aliphatic rings. The number of rotatable bonds is 4. The third kappa shape index (κ3) is 3.01. The summed E-state index contributed by atoms with van der Waals surface area (Å²) in [6, 6.07) is 0.0207. The van der Waals surface area contributed by atoms with E-state index in [-0.39, 0.29) is 6.04 Å². The number of alkyl carbamates (subject to hydrolysis) is 1. The van der Waals surface area contributed by atoms with E-state index in [1.54, 1.807) is 0 Å². The van der Waals surface area contributed by atoms with Crippen molar-refractivity contribution in [1.29, 1.82) is 0 Å². The second-order valence-electron chi connectivity index (χ2n) is 4.42. The Morgan fingerprint density at radius 3 is 3.10 bits per heavy atom. The number of nitrogens with zero attached hydrogens (tertiary/aromatic N) is 3. The Hall–Kier alpha value is -2.25. The van der Waals surface area contributed by atoms with E-state index < -0.39 is 6.09 Å². The predicted octanol–water partition coefficient (Wildman–Crippen LogP) is 0.392. The molecule has 0 saturated carbocycles. The molecule has 1 atom stereocenters. The topological polar surface area (TPSA) is 103 Å². The average Bonchev–Trinajstić information content (AvgIpc) is 2.89. The van der Waals surface area contributed by atoms with E-state index >= 15 is 0 Å². The Morgan fingerprint density at radius 2 is 2.40 bits per heavy atom. The largest absolute Gasteiger partial charge is 0.476 e. The Balaban J connectivity index is 2.06. The van der Waals surface area contributed by atoms with Gasteiger partial charge in [0.2, 0.25) is 5.88 Å². The molecular weight excluding hydrogens is 262 g/mol. The Bertz CT molecular complexity index is 482. The van der Waals surface area contributed by atoms with Gasteiger partial charge in [-0.25, -0.2) is 9.78 Å². The molecule has 110 valence electrons. The Labute approximate surface area is 117 Å². The molecule has 8 heteroatoms. The van der Waals surface area contributed by atoms with Crippen molar-refractivity contribution >= 4 is 17.6 Å². The average molecular weight is 281 g/mol. The molecule has 0 radical (unpaired) electrons. The number of methoxy groups -OCH3 is 1. The fourth-order valence-electron chi connectivity index (χ4n) is 2.17. The highest BCUT2D eigenvalue weighted by Gasteiger charge is 2.27. The lowest BCUT2D eigenvalue weighted by atomic mass is 10.3. The quantitative estimate of drug-likeness (QED) is 0.823. The van der Waals surface area contributed by atoms with Crippen LogP contribution < -0.4 is 20.7 Å². The van der Waals surface area contributed by atoms with Crippen LogP contribution in [0, 0.1) is 0 Å². The van der Waals surface area contributed by atoms with E-state index in [2.05, 4.69) is 20.0 Å². The maximum absolute atomic E-state index is 11.2. The Morgan fingerprint density at radius 1 is 1.60 bits per heavy atom. The van der Waals surface area contributed by atoms with Crippen molar-refractivity contribution in [3.05, 3.63) is 6.33 Å². The first kappa shape index (κ1) is 14.2. The summed E-state index contributed by atoms with van der Waals surface area (Å²) in [6.45, 7) is 3.74. The van der Waals surface area contributed by atoms with Crippen LogP contribution in [0.5, 0.6) is 5.88 Å². The SMILES string of the molecule is CCOc1ncnc(N2CCC(NC(=O)OC)C2)c1N. The van der Waals surface area contributed by atoms with Gasteiger partial charge in [-0.1, -0.05) is 0 Å². The van der Waals surface area contributed by atoms with Crippen LogP contribution in [-0.4, -0.2) is 48.9 Å². The van der Waals surface area contributed by atoms with Crippen LogP contribution in [0.2, 0.25) is 0 Å². The van der Waals surface area contributed by atoms with Gasteiger partial charge in [-0.15, -0.1) is 0 Å². The van der Waals surface area contributed by atoms with Gasteiger partial charge in [-0.2, -0.15) is 4.98 Å². The third-order valence-corrected chi connectivity index (χ3v) is 3.10. The van der Waals surface area contributed by atoms with Crippen molar-refractivity contribution < 1.29 is 14.3 Å². The van der Waals surface area contributed by atoms with E-state index in [9.17, 15) is 4.79 Å². The smallest absolute Gasteiger partial charge is 0.407 e. The van der Waals surface area contributed by atoms with Gasteiger partial charge in [-0.05, 0) is 13.3 Å². The van der Waals surface area contributed by atoms with Crippen LogP contribution in [0.4, 0.5) is 16.3 Å². The minimum atomic E-state index is -0.428. The highest BCUT2D eigenvalue weighted by atomic mass is 16.5. The third-order valence-electron chi connectivity index (χ3n) is 3.10. The van der Waals surface area contributed by atoms with Gasteiger partial charge in [0, 0.05) is 13.1 Å². The van der Waals surface area contributed by atoms with Crippen LogP contribution >= 0.6 is 0 Å². The van der Waals surface area contributed by atoms with Gasteiger partial charge in [0.05, 0.1) is 19.8 Å². The number of hydrogen-bond acceptors (Lipinski definition) is 7. The van der Waals surface area contributed by atoms with E-state index in [1.807, 2.05) is 11.8 Å². The van der Waals surface area contributed by atoms with E-state index in [0.717, 1.165) is 13.0 Å². The molecule has 1 amide bonds. The highest BCUT2D eigenvalue weighted by molar-refractivity contribution is 5.69. The summed E-state index contributed by atoms with van der Waals surface area (Å²) in [5.41, 5.74) is 6.44. The Kier molecular flexibility index (Phi) is 4.44. The fourth-order valence-corrected chi connectivity index (χ4v) is 2.17. The molecule has 8 nitrogen and oxygen atoms in total. The lowest BCUT2D eigenvalue weighted by Crippen LogP contribution is -2.37. The molecule has 0 aromatic carbocycles. The molecule has 1 saturated heterocycles. The summed E-state index contributed by atoms with van der Waals surface area (Å²) in [5, 5.41) is 2.77. The number of nitrogen functional groups attached to an aromatic ring is 1. The molecule has 3 N–H and O–H groups in total. The van der Waals surface area contributed by atoms with Crippen LogP contribution in [0.15, 0.2) is 6.33 Å². The standard InChI is InChI=1S/C12H19N5O3/c1-3-20-11-9(13)10(14-7-15-11)17-5-4-8(6-17)16-12(18)19-2/h7-8H,3-6,13H2,1-2H3,(H,16,18). The summed E-state index contributed by atoms with van der Waals surface area (Å²) in [4.78, 5) is 21.4. The first-order valence-electron chi connectivity index (χ1n) is 6.48. The van der Waals surface area contributed by atoms with Crippen molar-refractivity contribution in [3.8, 4) is 5.88 Å². The zero-order valence-corrected chi connectivity index (χ0v) is 11.6. The summed E-state index contributed by atoms with van der Waals surface area (Å²) in [7, 11) is 1.35. The molecule has 0 bridgehead atoms. The second-order valence-corrected chi connectivity index (χ2v) is 4.42. The highest BCUT2D eigenvalue weighted by Crippen LogP contribution is 2.30. The lowest BCUT2D eigenvalue weighted by molar-refractivity contribution is 0.167. The van der Waals surface area contributed by atoms with E-state index in [4.69, 9.17) is 10.5 Å². The zero-order valence-electron chi connectivity index (χ0n) is 11.6. The number of nitrogens with one attached hydrogen (secondary N) is 1. The molecule has 0 spiro atoms. The minimum absolute atomic E-state index is 0.0207. The molecule has 1 aromatic rings. The van der Waals surface area contributed by atoms with Gasteiger partial charge in [-0.3, -0.25) is 0 Å². The van der Waals surface area contributed by atoms with Crippen LogP contribution in [-0.2, 0) is 4.74 Å². The number of nitrogens with two attached hydrogens (primary N) is 1. The molecule has 2 rings (SSSR count). The number of ether oxygens (including phenoxy) is 2. The van der Waals surface area contributed by atoms with Gasteiger partial charge in [0.1, 0.15) is 12.0 Å². The maximum atomic E-state index is 11.2. The molecule has 1 unspecified atom stereocenters. The molecule has 2 heterocycles. The molecule has 0 aliphatic carbocycles. The molecule has 1 fully saturated rings. The van der Waals surface area contributed by atoms with Crippen LogP contribution in [0.3, 0.4) is 0 Å². The van der Waals surface area contributed by atoms with Gasteiger partial charge in [0.25, 0.3) is 0 Å². The van der Waals surface area contributed by atoms with Crippen molar-refractivity contribution in [2.75, 3.05) is 37.4 Å². The van der Waals surface area contributed by atoms with Crippen LogP contribution in [0.25, 0.3) is 0 Å². The lowest BCUT2D eigenvalue weighted by Gasteiger charge is -2.20. The van der Waals surface area contributed by atoms with Gasteiger partial charge < -0.3 is 25.4 Å². The number of carbonyl (C=O) groups excluding carboxylic acids is 1. The predicted molar refractivity (Wildman–Crippen MR) is 73.8 cm³/mol. The molecule has 1 aromatic heterocycles. The number of carbonyl (C=O) groups is 1. The summed E-state index contributed by atoms with van der Waals surface area (Å²) < 4.78 is 9.94. The molecular formula is C12H19N5O3. The molecule has 20 heavy (non-hydrogen) atoms. The van der Waals surface area contributed by atoms with E-state index in [0.29, 0.717) is 30.5 Å². The van der Waals surface area contributed by atoms with Crippen molar-refractivity contribution in [1.82, 2.24) is 15.3 Å². The summed E-state index contributed by atoms with van der Waals surface area (Å²) in [6.07, 6.45) is 1.81. The van der Waals surface area contributed by atoms with Crippen molar-refractivity contribution in [2.45, 2.75) is 19.4 Å². The number of anilines is 2. The fraction of sp³-hybridized carbons (Fsp3) is 0.583. The number of aromatic nitrogens is 2. The second kappa shape index (κ2) is 6.27. The first-order valence-corrected chi connectivity index (χ1v) is 6.48. The summed E-state index contributed by atoms with van der Waals surface area (Å²) >= 11 is 0. The van der Waals surface area contributed by atoms with Crippen LogP contribution in [0.1, 0.15) is 13.3 Å². The van der Waals surface area contributed by atoms with Crippen molar-refractivity contribution in [3.63, 3.8) is 0 Å².